The largest absolute Gasteiger partial charge is 0.391 e. The number of aliphatic hydroxyl groups excluding tert-OH is 2. The van der Waals surface area contributed by atoms with Crippen molar-refractivity contribution >= 4 is 0 Å². The van der Waals surface area contributed by atoms with Crippen molar-refractivity contribution in [1.29, 1.82) is 0 Å². The molecular weight excluding hydrogens is 130 g/mol. The summed E-state index contributed by atoms with van der Waals surface area (Å²) in [6, 6.07) is 0.419. The molecule has 0 aliphatic carbocycles. The predicted octanol–water partition coefficient (Wildman–Crippen LogP) is -0.768. The molecule has 2 rings (SSSR count). The third kappa shape index (κ3) is 0.856. The van der Waals surface area contributed by atoms with E-state index in [1.807, 2.05) is 0 Å². The molecule has 0 aromatic rings. The molecule has 2 saturated heterocycles. The van der Waals surface area contributed by atoms with E-state index < -0.39 is 0 Å². The Morgan fingerprint density at radius 3 is 2.60 bits per heavy atom. The average molecular weight is 143 g/mol. The van der Waals surface area contributed by atoms with Gasteiger partial charge in [-0.25, -0.2) is 0 Å². The van der Waals surface area contributed by atoms with Crippen molar-refractivity contribution in [2.24, 2.45) is 0 Å². The number of nitrogens with one attached hydrogen (secondary N) is 1. The van der Waals surface area contributed by atoms with Gasteiger partial charge in [-0.3, -0.25) is 0 Å². The minimum absolute atomic E-state index is 0.0428. The Morgan fingerprint density at radius 2 is 1.90 bits per heavy atom. The highest BCUT2D eigenvalue weighted by Crippen LogP contribution is 2.26. The average Bonchev–Trinajstić information content (AvgIpc) is 2.21. The van der Waals surface area contributed by atoms with E-state index in [9.17, 15) is 10.2 Å². The van der Waals surface area contributed by atoms with Crippen molar-refractivity contribution in [2.75, 3.05) is 0 Å². The van der Waals surface area contributed by atoms with Crippen LogP contribution in [0, 0.1) is 0 Å². The van der Waals surface area contributed by atoms with E-state index in [1.54, 1.807) is 0 Å². The molecule has 0 amide bonds. The zero-order valence-corrected chi connectivity index (χ0v) is 5.83. The van der Waals surface area contributed by atoms with Crippen LogP contribution in [0.3, 0.4) is 0 Å². The molecule has 2 aliphatic rings. The van der Waals surface area contributed by atoms with E-state index in [-0.39, 0.29) is 18.2 Å². The van der Waals surface area contributed by atoms with Gasteiger partial charge in [0.15, 0.2) is 0 Å². The Bertz CT molecular complexity index is 136. The van der Waals surface area contributed by atoms with Crippen LogP contribution in [0.15, 0.2) is 0 Å². The zero-order chi connectivity index (χ0) is 7.14. The number of aliphatic hydroxyl groups is 2. The number of hydrogen-bond donors (Lipinski definition) is 3. The molecule has 0 radical (unpaired) electrons. The summed E-state index contributed by atoms with van der Waals surface area (Å²) in [7, 11) is 0. The first-order valence-corrected chi connectivity index (χ1v) is 3.89. The van der Waals surface area contributed by atoms with Crippen LogP contribution < -0.4 is 5.32 Å². The molecule has 4 atom stereocenters. The van der Waals surface area contributed by atoms with Crippen molar-refractivity contribution < 1.29 is 10.2 Å². The fraction of sp³-hybridized carbons (Fsp3) is 1.00. The molecular formula is C7H13NO2. The molecule has 0 saturated carbocycles. The van der Waals surface area contributed by atoms with Crippen LogP contribution in [0.25, 0.3) is 0 Å². The topological polar surface area (TPSA) is 52.5 Å². The normalized spacial score (nSPS) is 53.4. The van der Waals surface area contributed by atoms with Gasteiger partial charge >= 0.3 is 0 Å². The van der Waals surface area contributed by atoms with Crippen molar-refractivity contribution in [3.05, 3.63) is 0 Å². The SMILES string of the molecule is OC1CCC2CC(O)[C@H]1N2. The van der Waals surface area contributed by atoms with Crippen molar-refractivity contribution in [3.63, 3.8) is 0 Å². The molecule has 2 fully saturated rings. The van der Waals surface area contributed by atoms with E-state index >= 15 is 0 Å². The first-order valence-electron chi connectivity index (χ1n) is 3.89. The predicted molar refractivity (Wildman–Crippen MR) is 36.6 cm³/mol. The summed E-state index contributed by atoms with van der Waals surface area (Å²) in [5.41, 5.74) is 0. The molecule has 3 heteroatoms. The molecule has 0 aromatic carbocycles. The van der Waals surface area contributed by atoms with Gasteiger partial charge in [-0.05, 0) is 19.3 Å². The summed E-state index contributed by atoms with van der Waals surface area (Å²) in [5.74, 6) is 0. The summed E-state index contributed by atoms with van der Waals surface area (Å²) in [4.78, 5) is 0. The molecule has 3 unspecified atom stereocenters. The minimum Gasteiger partial charge on any atom is -0.391 e. The summed E-state index contributed by atoms with van der Waals surface area (Å²) < 4.78 is 0. The van der Waals surface area contributed by atoms with Crippen molar-refractivity contribution in [3.8, 4) is 0 Å². The van der Waals surface area contributed by atoms with Gasteiger partial charge in [-0.1, -0.05) is 0 Å². The molecule has 3 N–H and O–H groups in total. The molecule has 2 aliphatic heterocycles. The van der Waals surface area contributed by atoms with Gasteiger partial charge in [0, 0.05) is 6.04 Å². The number of piperidine rings is 1. The number of rotatable bonds is 0. The zero-order valence-electron chi connectivity index (χ0n) is 5.83. The van der Waals surface area contributed by atoms with Crippen LogP contribution in [0.5, 0.6) is 0 Å². The van der Waals surface area contributed by atoms with E-state index in [2.05, 4.69) is 5.32 Å². The lowest BCUT2D eigenvalue weighted by atomic mass is 10.0. The van der Waals surface area contributed by atoms with E-state index in [0.717, 1.165) is 19.3 Å². The van der Waals surface area contributed by atoms with E-state index in [1.165, 1.54) is 0 Å². The number of hydrogen-bond acceptors (Lipinski definition) is 3. The van der Waals surface area contributed by atoms with Crippen LogP contribution in [0.4, 0.5) is 0 Å². The Kier molecular flexibility index (Phi) is 1.44. The smallest absolute Gasteiger partial charge is 0.0733 e. The Hall–Kier alpha value is -0.120. The van der Waals surface area contributed by atoms with E-state index in [0.29, 0.717) is 6.04 Å². The highest BCUT2D eigenvalue weighted by Gasteiger charge is 2.40. The van der Waals surface area contributed by atoms with Gasteiger partial charge in [0.1, 0.15) is 0 Å². The highest BCUT2D eigenvalue weighted by atomic mass is 16.3. The minimum atomic E-state index is -0.325. The quantitative estimate of drug-likeness (QED) is 0.417. The molecule has 3 nitrogen and oxygen atoms in total. The van der Waals surface area contributed by atoms with Gasteiger partial charge < -0.3 is 15.5 Å². The Labute approximate surface area is 60.1 Å². The maximum Gasteiger partial charge on any atom is 0.0733 e. The Morgan fingerprint density at radius 1 is 1.10 bits per heavy atom. The summed E-state index contributed by atoms with van der Waals surface area (Å²) in [6.07, 6.45) is 2.03. The molecule has 58 valence electrons. The third-order valence-corrected chi connectivity index (χ3v) is 2.59. The molecule has 0 spiro atoms. The summed E-state index contributed by atoms with van der Waals surface area (Å²) >= 11 is 0. The lowest BCUT2D eigenvalue weighted by Gasteiger charge is -2.26. The van der Waals surface area contributed by atoms with Gasteiger partial charge in [0.25, 0.3) is 0 Å². The van der Waals surface area contributed by atoms with Crippen LogP contribution in [0.1, 0.15) is 19.3 Å². The standard InChI is InChI=1S/C7H13NO2/c9-5-2-1-4-3-6(10)7(5)8-4/h4-10H,1-3H2/t4?,5?,6?,7-/m0/s1. The highest BCUT2D eigenvalue weighted by molar-refractivity contribution is 4.99. The molecule has 2 heterocycles. The second-order valence-electron chi connectivity index (χ2n) is 3.34. The maximum absolute atomic E-state index is 9.35. The lowest BCUT2D eigenvalue weighted by Crippen LogP contribution is -2.46. The van der Waals surface area contributed by atoms with Crippen LogP contribution in [-0.2, 0) is 0 Å². The number of fused-ring (bicyclic) bond motifs is 2. The second kappa shape index (κ2) is 2.19. The van der Waals surface area contributed by atoms with Gasteiger partial charge in [0.05, 0.1) is 18.2 Å². The fourth-order valence-corrected chi connectivity index (χ4v) is 2.01. The van der Waals surface area contributed by atoms with Crippen LogP contribution in [-0.4, -0.2) is 34.5 Å². The fourth-order valence-electron chi connectivity index (χ4n) is 2.01. The van der Waals surface area contributed by atoms with Gasteiger partial charge in [-0.2, -0.15) is 0 Å². The monoisotopic (exact) mass is 143 g/mol. The summed E-state index contributed by atoms with van der Waals surface area (Å²) in [5, 5.41) is 21.9. The Balaban J connectivity index is 2.10. The first kappa shape index (κ1) is 6.58. The molecule has 2 bridgehead atoms. The summed E-state index contributed by atoms with van der Waals surface area (Å²) in [6.45, 7) is 0. The molecule has 10 heavy (non-hydrogen) atoms. The van der Waals surface area contributed by atoms with Crippen LogP contribution in [0.2, 0.25) is 0 Å². The van der Waals surface area contributed by atoms with E-state index in [4.69, 9.17) is 0 Å². The van der Waals surface area contributed by atoms with Crippen molar-refractivity contribution in [1.82, 2.24) is 5.32 Å². The van der Waals surface area contributed by atoms with Crippen LogP contribution >= 0.6 is 0 Å². The molecule has 0 aromatic heterocycles. The maximum atomic E-state index is 9.35. The van der Waals surface area contributed by atoms with Gasteiger partial charge in [-0.15, -0.1) is 0 Å². The van der Waals surface area contributed by atoms with Crippen molar-refractivity contribution in [2.45, 2.75) is 43.6 Å². The third-order valence-electron chi connectivity index (χ3n) is 2.59. The lowest BCUT2D eigenvalue weighted by molar-refractivity contribution is 0.0524. The van der Waals surface area contributed by atoms with Gasteiger partial charge in [0.2, 0.25) is 0 Å². The second-order valence-corrected chi connectivity index (χ2v) is 3.34. The first-order chi connectivity index (χ1) is 4.77.